The highest BCUT2D eigenvalue weighted by molar-refractivity contribution is 7.47. The Morgan fingerprint density at radius 1 is 0.853 bits per heavy atom. The van der Waals surface area contributed by atoms with Crippen LogP contribution in [0.2, 0.25) is 0 Å². The lowest BCUT2D eigenvalue weighted by atomic mass is 9.89. The Kier molecular flexibility index (Phi) is 26.3. The van der Waals surface area contributed by atoms with Crippen LogP contribution < -0.4 is 27.0 Å². The van der Waals surface area contributed by atoms with Crippen molar-refractivity contribution in [1.82, 2.24) is 30.7 Å². The first kappa shape index (κ1) is 64.3. The Bertz CT molecular complexity index is 2180. The molecule has 0 spiro atoms. The average Bonchev–Trinajstić information content (AvgIpc) is 3.85. The van der Waals surface area contributed by atoms with E-state index in [0.717, 1.165) is 0 Å². The third-order valence-electron chi connectivity index (χ3n) is 14.3. The molecular weight excluding hydrogens is 984 g/mol. The van der Waals surface area contributed by atoms with E-state index >= 15 is 0 Å². The lowest BCUT2D eigenvalue weighted by molar-refractivity contribution is -0.148. The number of amides is 7. The number of methoxy groups -OCH3 is 2. The minimum atomic E-state index is -4.77. The number of phosphoric ester groups is 1. The van der Waals surface area contributed by atoms with E-state index in [1.165, 1.54) is 14.2 Å². The van der Waals surface area contributed by atoms with Crippen LogP contribution in [0.3, 0.4) is 0 Å². The monoisotopic (exact) mass is 1070 g/mol. The maximum atomic E-state index is 14.5. The van der Waals surface area contributed by atoms with Crippen molar-refractivity contribution in [3.63, 3.8) is 0 Å². The number of likely N-dealkylation sites (tertiary alicyclic amines) is 1. The minimum Gasteiger partial charge on any atom is -0.379 e. The number of carbonyl (C=O) groups excluding carboxylic acids is 6. The van der Waals surface area contributed by atoms with Crippen LogP contribution >= 0.6 is 7.82 Å². The van der Waals surface area contributed by atoms with Crippen LogP contribution in [0.15, 0.2) is 54.6 Å². The number of nitrogens with two attached hydrogens (primary N) is 1. The van der Waals surface area contributed by atoms with E-state index in [0.29, 0.717) is 62.0 Å². The van der Waals surface area contributed by atoms with Crippen molar-refractivity contribution in [3.8, 4) is 0 Å². The molecule has 0 aromatic heterocycles. The fourth-order valence-corrected chi connectivity index (χ4v) is 10.9. The van der Waals surface area contributed by atoms with Gasteiger partial charge in [-0.25, -0.2) is 9.36 Å². The van der Waals surface area contributed by atoms with Gasteiger partial charge in [-0.3, -0.25) is 37.9 Å². The van der Waals surface area contributed by atoms with Gasteiger partial charge in [0.2, 0.25) is 29.5 Å². The van der Waals surface area contributed by atoms with Crippen molar-refractivity contribution in [2.24, 2.45) is 35.3 Å². The Morgan fingerprint density at radius 3 is 2.04 bits per heavy atom. The molecule has 1 fully saturated rings. The van der Waals surface area contributed by atoms with Crippen LogP contribution in [0.25, 0.3) is 0 Å². The normalized spacial score (nSPS) is 18.6. The van der Waals surface area contributed by atoms with Crippen molar-refractivity contribution in [2.75, 3.05) is 53.8 Å². The van der Waals surface area contributed by atoms with E-state index in [4.69, 9.17) is 24.3 Å². The summed E-state index contributed by atoms with van der Waals surface area (Å²) in [5.41, 5.74) is 6.65. The fraction of sp³-hybridized carbons (Fsp3) is 0.667. The van der Waals surface area contributed by atoms with E-state index in [1.807, 2.05) is 60.5 Å². The SMILES string of the molecule is CC[C@H](C)[C@@H]([C@@H](CC(=O)N1CCC[C@H]1[C@H](OC)[C@@H](C)C(=O)N[C@H](C)[C@@H](OP(=O)(O)OCc1ccc(NC(=O)[C@@H](C)CCCNC(N)=O)cc1)c1ccccc1)OC)N(C)C(=O)[C@@H](NC(=O)[C@H](C(C)C)N(C)C)C(C)C. The first-order valence-electron chi connectivity index (χ1n) is 26.3. The van der Waals surface area contributed by atoms with Crippen molar-refractivity contribution in [3.05, 3.63) is 65.7 Å². The number of phosphoric acid groups is 1. The molecule has 1 aliphatic rings. The Balaban J connectivity index is 1.73. The quantitative estimate of drug-likeness (QED) is 0.0362. The van der Waals surface area contributed by atoms with Crippen molar-refractivity contribution >= 4 is 49.1 Å². The molecule has 422 valence electrons. The summed E-state index contributed by atoms with van der Waals surface area (Å²) in [5, 5.41) is 11.3. The number of nitrogens with zero attached hydrogens (tertiary/aromatic N) is 3. The molecule has 2 aromatic rings. The summed E-state index contributed by atoms with van der Waals surface area (Å²) in [5.74, 6) is -2.79. The van der Waals surface area contributed by atoms with Crippen molar-refractivity contribution in [1.29, 1.82) is 0 Å². The van der Waals surface area contributed by atoms with Crippen LogP contribution in [0.1, 0.15) is 118 Å². The van der Waals surface area contributed by atoms with Gasteiger partial charge in [0.25, 0.3) is 0 Å². The van der Waals surface area contributed by atoms with Crippen LogP contribution in [0.5, 0.6) is 0 Å². The van der Waals surface area contributed by atoms with Gasteiger partial charge in [-0.15, -0.1) is 0 Å². The Labute approximate surface area is 445 Å². The lowest BCUT2D eigenvalue weighted by Gasteiger charge is -2.41. The number of hydrogen-bond donors (Lipinski definition) is 6. The number of hydrogen-bond acceptors (Lipinski definition) is 12. The molecule has 75 heavy (non-hydrogen) atoms. The molecule has 12 atom stereocenters. The summed E-state index contributed by atoms with van der Waals surface area (Å²) in [6, 6.07) is 11.5. The standard InChI is InChI=1S/C54H89N8O12P/c1-15-35(6)47(61(12)53(67)45(33(2)3)59-52(66)46(34(4)5)60(10)11)43(71-13)31-44(63)62-30-20-24-42(62)48(72-14)37(8)51(65)57-38(9)49(40-22-17-16-18-23-40)74-75(69,70)73-32-39-25-27-41(28-26-39)58-50(64)36(7)21-19-29-56-54(55)68/h16-18,22-23,25-28,33-38,42-43,45-49H,15,19-21,24,29-32H2,1-14H3,(H,57,65)(H,58,64)(H,59,66)(H,69,70)(H3,55,56,68)/t35-,36-,37+,38+,42-,43+,45-,46-,47-,48+,49+/m0/s1. The minimum absolute atomic E-state index is 0.00814. The molecule has 21 heteroatoms. The average molecular weight is 1070 g/mol. The Morgan fingerprint density at radius 2 is 1.49 bits per heavy atom. The number of likely N-dealkylation sites (N-methyl/N-ethyl adjacent to an activating group) is 2. The van der Waals surface area contributed by atoms with E-state index in [1.54, 1.807) is 92.2 Å². The summed E-state index contributed by atoms with van der Waals surface area (Å²) in [6.07, 6.45) is 0.412. The van der Waals surface area contributed by atoms with E-state index in [2.05, 4.69) is 21.3 Å². The molecule has 2 aromatic carbocycles. The molecule has 1 saturated heterocycles. The summed E-state index contributed by atoms with van der Waals surface area (Å²) in [4.78, 5) is 96.5. The van der Waals surface area contributed by atoms with E-state index in [-0.39, 0.29) is 60.3 Å². The number of rotatable bonds is 31. The van der Waals surface area contributed by atoms with Gasteiger partial charge < -0.3 is 51.2 Å². The van der Waals surface area contributed by atoms with Gasteiger partial charge >= 0.3 is 13.9 Å². The smallest absolute Gasteiger partial charge is 0.379 e. The molecule has 1 aliphatic heterocycles. The molecular formula is C54H89N8O12P. The first-order valence-corrected chi connectivity index (χ1v) is 27.8. The molecule has 3 rings (SSSR count). The molecule has 7 amide bonds. The topological polar surface area (TPSA) is 260 Å². The largest absolute Gasteiger partial charge is 0.473 e. The fourth-order valence-electron chi connectivity index (χ4n) is 9.96. The summed E-state index contributed by atoms with van der Waals surface area (Å²) < 4.78 is 37.0. The number of benzene rings is 2. The van der Waals surface area contributed by atoms with Crippen LogP contribution in [0.4, 0.5) is 10.5 Å². The van der Waals surface area contributed by atoms with Crippen LogP contribution in [-0.2, 0) is 53.7 Å². The van der Waals surface area contributed by atoms with Crippen LogP contribution in [0, 0.1) is 29.6 Å². The summed E-state index contributed by atoms with van der Waals surface area (Å²) in [6.45, 7) is 17.4. The predicted molar refractivity (Wildman–Crippen MR) is 289 cm³/mol. The summed E-state index contributed by atoms with van der Waals surface area (Å²) >= 11 is 0. The Hall–Kier alpha value is -4.95. The van der Waals surface area contributed by atoms with E-state index in [9.17, 15) is 38.2 Å². The molecule has 0 saturated carbocycles. The molecule has 0 aliphatic carbocycles. The number of primary amides is 1. The number of ether oxygens (including phenoxy) is 2. The third kappa shape index (κ3) is 19.2. The highest BCUT2D eigenvalue weighted by atomic mass is 31.2. The predicted octanol–water partition coefficient (Wildman–Crippen LogP) is 6.24. The number of urea groups is 1. The van der Waals surface area contributed by atoms with Gasteiger partial charge in [0.1, 0.15) is 12.1 Å². The van der Waals surface area contributed by atoms with E-state index < -0.39 is 74.2 Å². The molecule has 0 bridgehead atoms. The summed E-state index contributed by atoms with van der Waals surface area (Å²) in [7, 11) is 3.64. The van der Waals surface area contributed by atoms with Crippen molar-refractivity contribution in [2.45, 2.75) is 156 Å². The zero-order chi connectivity index (χ0) is 56.3. The van der Waals surface area contributed by atoms with Gasteiger partial charge in [0.15, 0.2) is 0 Å². The second-order valence-electron chi connectivity index (χ2n) is 21.0. The number of anilines is 1. The second kappa shape index (κ2) is 30.7. The molecule has 20 nitrogen and oxygen atoms in total. The maximum absolute atomic E-state index is 14.5. The molecule has 0 radical (unpaired) electrons. The number of nitrogens with one attached hydrogen (secondary N) is 4. The molecule has 1 unspecified atom stereocenters. The van der Waals surface area contributed by atoms with Gasteiger partial charge in [-0.1, -0.05) is 104 Å². The third-order valence-corrected chi connectivity index (χ3v) is 15.3. The van der Waals surface area contributed by atoms with Gasteiger partial charge in [-0.2, -0.15) is 0 Å². The maximum Gasteiger partial charge on any atom is 0.473 e. The lowest BCUT2D eigenvalue weighted by Crippen LogP contribution is -2.59. The highest BCUT2D eigenvalue weighted by Gasteiger charge is 2.44. The van der Waals surface area contributed by atoms with Crippen molar-refractivity contribution < 1.29 is 56.7 Å². The van der Waals surface area contributed by atoms with Gasteiger partial charge in [-0.05, 0) is 87.7 Å². The second-order valence-corrected chi connectivity index (χ2v) is 22.4. The van der Waals surface area contributed by atoms with Crippen LogP contribution in [-0.4, -0.2) is 146 Å². The molecule has 1 heterocycles. The van der Waals surface area contributed by atoms with Gasteiger partial charge in [0, 0.05) is 46.0 Å². The van der Waals surface area contributed by atoms with Gasteiger partial charge in [0.05, 0.1) is 55.3 Å². The zero-order valence-corrected chi connectivity index (χ0v) is 47.8. The molecule has 7 N–H and O–H groups in total. The zero-order valence-electron chi connectivity index (χ0n) is 46.9. The number of carbonyl (C=O) groups is 6. The first-order chi connectivity index (χ1) is 35.3. The highest BCUT2D eigenvalue weighted by Crippen LogP contribution is 2.49.